The van der Waals surface area contributed by atoms with Gasteiger partial charge in [0.05, 0.1) is 30.0 Å². The van der Waals surface area contributed by atoms with E-state index < -0.39 is 0 Å². The van der Waals surface area contributed by atoms with Gasteiger partial charge in [0, 0.05) is 18.1 Å². The summed E-state index contributed by atoms with van der Waals surface area (Å²) in [5.41, 5.74) is 1.23. The number of carbonyl (C=O) groups is 1. The number of thiazole rings is 1. The fourth-order valence-corrected chi connectivity index (χ4v) is 3.90. The minimum absolute atomic E-state index is 0. The van der Waals surface area contributed by atoms with Crippen LogP contribution in [0.15, 0.2) is 36.4 Å². The number of rotatable bonds is 7. The molecule has 2 aromatic carbocycles. The molecular formula is C20H23Cl2N3O3S. The number of ether oxygens (including phenoxy) is 2. The molecule has 156 valence electrons. The summed E-state index contributed by atoms with van der Waals surface area (Å²) >= 11 is 7.58. The predicted octanol–water partition coefficient (Wildman–Crippen LogP) is 4.60. The zero-order valence-electron chi connectivity index (χ0n) is 16.6. The average molecular weight is 456 g/mol. The molecule has 0 N–H and O–H groups in total. The molecule has 3 aromatic rings. The van der Waals surface area contributed by atoms with Gasteiger partial charge in [0.1, 0.15) is 11.5 Å². The molecule has 0 aliphatic carbocycles. The fraction of sp³-hybridized carbons (Fsp3) is 0.300. The standard InChI is InChI=1S/C20H22ClN3O3S.ClH/c1-23(2)9-10-24(19(25)15-11-13(21)5-8-17(15)27-4)20-22-16-7-6-14(26-3)12-18(16)28-20;/h5-8,11-12H,9-10H2,1-4H3;1H. The van der Waals surface area contributed by atoms with Gasteiger partial charge in [-0.15, -0.1) is 12.4 Å². The number of aromatic nitrogens is 1. The van der Waals surface area contributed by atoms with Gasteiger partial charge in [0.15, 0.2) is 5.13 Å². The van der Waals surface area contributed by atoms with Gasteiger partial charge in [-0.1, -0.05) is 22.9 Å². The van der Waals surface area contributed by atoms with Crippen molar-refractivity contribution in [1.29, 1.82) is 0 Å². The molecule has 1 aromatic heterocycles. The molecule has 9 heteroatoms. The van der Waals surface area contributed by atoms with E-state index in [-0.39, 0.29) is 18.3 Å². The van der Waals surface area contributed by atoms with Gasteiger partial charge in [0.2, 0.25) is 0 Å². The Hall–Kier alpha value is -2.06. The topological polar surface area (TPSA) is 54.9 Å². The largest absolute Gasteiger partial charge is 0.497 e. The van der Waals surface area contributed by atoms with Gasteiger partial charge in [-0.3, -0.25) is 9.69 Å². The molecule has 1 amide bonds. The van der Waals surface area contributed by atoms with Gasteiger partial charge in [-0.2, -0.15) is 0 Å². The van der Waals surface area contributed by atoms with Gasteiger partial charge >= 0.3 is 0 Å². The lowest BCUT2D eigenvalue weighted by molar-refractivity contribution is 0.0982. The Bertz CT molecular complexity index is 994. The van der Waals surface area contributed by atoms with Crippen LogP contribution in [-0.2, 0) is 0 Å². The normalized spacial score (nSPS) is 10.7. The molecule has 3 rings (SSSR count). The summed E-state index contributed by atoms with van der Waals surface area (Å²) in [5, 5.41) is 1.10. The SMILES string of the molecule is COc1ccc2nc(N(CCN(C)C)C(=O)c3cc(Cl)ccc3OC)sc2c1.Cl. The Morgan fingerprint density at radius 1 is 1.10 bits per heavy atom. The molecule has 0 spiro atoms. The number of carbonyl (C=O) groups excluding carboxylic acids is 1. The summed E-state index contributed by atoms with van der Waals surface area (Å²) in [4.78, 5) is 21.8. The zero-order valence-corrected chi connectivity index (χ0v) is 19.0. The molecule has 0 saturated carbocycles. The number of amides is 1. The first-order valence-electron chi connectivity index (χ1n) is 8.67. The number of methoxy groups -OCH3 is 2. The number of nitrogens with zero attached hydrogens (tertiary/aromatic N) is 3. The van der Waals surface area contributed by atoms with Crippen molar-refractivity contribution in [2.75, 3.05) is 46.3 Å². The lowest BCUT2D eigenvalue weighted by atomic mass is 10.1. The fourth-order valence-electron chi connectivity index (χ4n) is 2.71. The minimum Gasteiger partial charge on any atom is -0.497 e. The average Bonchev–Trinajstić information content (AvgIpc) is 3.10. The van der Waals surface area contributed by atoms with E-state index in [0.29, 0.717) is 34.6 Å². The molecule has 0 saturated heterocycles. The van der Waals surface area contributed by atoms with Crippen molar-refractivity contribution >= 4 is 56.6 Å². The lowest BCUT2D eigenvalue weighted by Gasteiger charge is -2.23. The molecule has 0 radical (unpaired) electrons. The highest BCUT2D eigenvalue weighted by molar-refractivity contribution is 7.22. The van der Waals surface area contributed by atoms with Crippen LogP contribution < -0.4 is 14.4 Å². The maximum absolute atomic E-state index is 13.4. The first-order valence-corrected chi connectivity index (χ1v) is 9.87. The maximum atomic E-state index is 13.4. The van der Waals surface area contributed by atoms with Gasteiger partial charge in [-0.25, -0.2) is 4.98 Å². The Morgan fingerprint density at radius 2 is 1.86 bits per heavy atom. The number of hydrogen-bond donors (Lipinski definition) is 0. The van der Waals surface area contributed by atoms with Crippen LogP contribution >= 0.6 is 35.3 Å². The van der Waals surface area contributed by atoms with E-state index in [4.69, 9.17) is 21.1 Å². The summed E-state index contributed by atoms with van der Waals surface area (Å²) in [6, 6.07) is 10.7. The Kier molecular flexibility index (Phi) is 8.10. The van der Waals surface area contributed by atoms with Crippen molar-refractivity contribution in [3.8, 4) is 11.5 Å². The van der Waals surface area contributed by atoms with Gasteiger partial charge in [-0.05, 0) is 50.5 Å². The summed E-state index contributed by atoms with van der Waals surface area (Å²) < 4.78 is 11.6. The zero-order chi connectivity index (χ0) is 20.3. The van der Waals surface area contributed by atoms with Gasteiger partial charge in [0.25, 0.3) is 5.91 Å². The first kappa shape index (κ1) is 23.2. The van der Waals surface area contributed by atoms with E-state index in [1.54, 1.807) is 30.2 Å². The second-order valence-corrected chi connectivity index (χ2v) is 7.88. The third-order valence-electron chi connectivity index (χ3n) is 4.22. The molecule has 29 heavy (non-hydrogen) atoms. The number of benzene rings is 2. The van der Waals surface area contributed by atoms with Gasteiger partial charge < -0.3 is 14.4 Å². The Balaban J connectivity index is 0.00000300. The van der Waals surface area contributed by atoms with E-state index in [1.165, 1.54) is 18.4 Å². The molecule has 6 nitrogen and oxygen atoms in total. The monoisotopic (exact) mass is 455 g/mol. The minimum atomic E-state index is -0.202. The van der Waals surface area contributed by atoms with Crippen LogP contribution in [-0.4, -0.2) is 57.2 Å². The summed E-state index contributed by atoms with van der Waals surface area (Å²) in [6.07, 6.45) is 0. The first-order chi connectivity index (χ1) is 13.4. The van der Waals surface area contributed by atoms with Crippen molar-refractivity contribution in [2.45, 2.75) is 0 Å². The second-order valence-electron chi connectivity index (χ2n) is 6.43. The molecular weight excluding hydrogens is 433 g/mol. The third-order valence-corrected chi connectivity index (χ3v) is 5.50. The number of likely N-dealkylation sites (N-methyl/N-ethyl adjacent to an activating group) is 1. The van der Waals surface area contributed by atoms with E-state index in [1.807, 2.05) is 37.2 Å². The van der Waals surface area contributed by atoms with Crippen molar-refractivity contribution in [2.24, 2.45) is 0 Å². The number of anilines is 1. The van der Waals surface area contributed by atoms with Crippen molar-refractivity contribution in [3.63, 3.8) is 0 Å². The highest BCUT2D eigenvalue weighted by Crippen LogP contribution is 2.33. The van der Waals surface area contributed by atoms with Crippen molar-refractivity contribution < 1.29 is 14.3 Å². The van der Waals surface area contributed by atoms with Crippen LogP contribution in [0.4, 0.5) is 5.13 Å². The van der Waals surface area contributed by atoms with Crippen LogP contribution in [0.3, 0.4) is 0 Å². The van der Waals surface area contributed by atoms with Crippen LogP contribution in [0.25, 0.3) is 10.2 Å². The summed E-state index contributed by atoms with van der Waals surface area (Å²) in [7, 11) is 7.09. The lowest BCUT2D eigenvalue weighted by Crippen LogP contribution is -2.37. The molecule has 0 unspecified atom stereocenters. The Morgan fingerprint density at radius 3 is 2.52 bits per heavy atom. The highest BCUT2D eigenvalue weighted by Gasteiger charge is 2.24. The molecule has 1 heterocycles. The summed E-state index contributed by atoms with van der Waals surface area (Å²) in [6.45, 7) is 1.17. The molecule has 0 aliphatic rings. The smallest absolute Gasteiger partial charge is 0.263 e. The van der Waals surface area contributed by atoms with E-state index >= 15 is 0 Å². The number of hydrogen-bond acceptors (Lipinski definition) is 6. The van der Waals surface area contributed by atoms with E-state index in [0.717, 1.165) is 16.0 Å². The van der Waals surface area contributed by atoms with Crippen LogP contribution in [0, 0.1) is 0 Å². The van der Waals surface area contributed by atoms with E-state index in [9.17, 15) is 4.79 Å². The molecule has 0 atom stereocenters. The maximum Gasteiger partial charge on any atom is 0.263 e. The quantitative estimate of drug-likeness (QED) is 0.520. The summed E-state index contributed by atoms with van der Waals surface area (Å²) in [5.74, 6) is 1.03. The van der Waals surface area contributed by atoms with E-state index in [2.05, 4.69) is 4.98 Å². The third kappa shape index (κ3) is 5.30. The van der Waals surface area contributed by atoms with Crippen molar-refractivity contribution in [3.05, 3.63) is 47.0 Å². The predicted molar refractivity (Wildman–Crippen MR) is 122 cm³/mol. The number of halogens is 2. The van der Waals surface area contributed by atoms with Crippen LogP contribution in [0.2, 0.25) is 5.02 Å². The highest BCUT2D eigenvalue weighted by atomic mass is 35.5. The molecule has 0 bridgehead atoms. The number of fused-ring (bicyclic) bond motifs is 1. The van der Waals surface area contributed by atoms with Crippen LogP contribution in [0.5, 0.6) is 11.5 Å². The molecule has 0 aliphatic heterocycles. The van der Waals surface area contributed by atoms with Crippen LogP contribution in [0.1, 0.15) is 10.4 Å². The second kappa shape index (κ2) is 10.1. The Labute approximate surface area is 185 Å². The molecule has 0 fully saturated rings. The van der Waals surface area contributed by atoms with Crippen molar-refractivity contribution in [1.82, 2.24) is 9.88 Å².